The zero-order chi connectivity index (χ0) is 16.6. The molecule has 0 saturated carbocycles. The lowest BCUT2D eigenvalue weighted by Gasteiger charge is -2.27. The first-order chi connectivity index (χ1) is 11.0. The zero-order valence-electron chi connectivity index (χ0n) is 13.3. The number of aromatic amines is 1. The average molecular weight is 338 g/mol. The van der Waals surface area contributed by atoms with Gasteiger partial charge in [0.1, 0.15) is 0 Å². The van der Waals surface area contributed by atoms with Crippen LogP contribution in [0.2, 0.25) is 0 Å². The predicted molar refractivity (Wildman–Crippen MR) is 91.3 cm³/mol. The summed E-state index contributed by atoms with van der Waals surface area (Å²) in [5.41, 5.74) is -0.0670. The summed E-state index contributed by atoms with van der Waals surface area (Å²) >= 11 is 5.95. The molecule has 1 saturated heterocycles. The van der Waals surface area contributed by atoms with Gasteiger partial charge in [0.05, 0.1) is 0 Å². The molecule has 124 valence electrons. The highest BCUT2D eigenvalue weighted by Crippen LogP contribution is 2.23. The van der Waals surface area contributed by atoms with E-state index in [1.165, 1.54) is 11.0 Å². The molecule has 1 fully saturated rings. The van der Waals surface area contributed by atoms with E-state index in [0.29, 0.717) is 22.7 Å². The van der Waals surface area contributed by atoms with E-state index in [-0.39, 0.29) is 0 Å². The van der Waals surface area contributed by atoms with E-state index in [1.807, 2.05) is 10.6 Å². The van der Waals surface area contributed by atoms with Crippen LogP contribution >= 0.6 is 11.6 Å². The summed E-state index contributed by atoms with van der Waals surface area (Å²) in [7, 11) is 1.61. The number of nitrogens with one attached hydrogen (secondary N) is 1. The van der Waals surface area contributed by atoms with Crippen LogP contribution in [-0.4, -0.2) is 32.2 Å². The number of anilines is 1. The van der Waals surface area contributed by atoms with Crippen molar-refractivity contribution < 1.29 is 0 Å². The van der Waals surface area contributed by atoms with Gasteiger partial charge in [-0.1, -0.05) is 17.7 Å². The minimum atomic E-state index is -0.457. The Bertz CT molecular complexity index is 866. The van der Waals surface area contributed by atoms with Gasteiger partial charge in [-0.05, 0) is 26.2 Å². The van der Waals surface area contributed by atoms with Gasteiger partial charge < -0.3 is 9.47 Å². The molecule has 8 heteroatoms. The molecule has 2 aromatic rings. The number of fused-ring (bicyclic) bond motifs is 1. The van der Waals surface area contributed by atoms with Gasteiger partial charge in [0, 0.05) is 31.7 Å². The molecule has 2 aromatic heterocycles. The smallest absolute Gasteiger partial charge is 0.329 e. The van der Waals surface area contributed by atoms with Crippen molar-refractivity contribution in [1.29, 1.82) is 0 Å². The summed E-state index contributed by atoms with van der Waals surface area (Å²) in [6.45, 7) is 4.04. The zero-order valence-corrected chi connectivity index (χ0v) is 14.1. The Hall–Kier alpha value is -2.02. The second-order valence-corrected chi connectivity index (χ2v) is 6.45. The second-order valence-electron chi connectivity index (χ2n) is 5.85. The lowest BCUT2D eigenvalue weighted by molar-refractivity contribution is 0.560. The minimum Gasteiger partial charge on any atom is -0.342 e. The Morgan fingerprint density at radius 1 is 1.30 bits per heavy atom. The van der Waals surface area contributed by atoms with Gasteiger partial charge in [-0.2, -0.15) is 4.98 Å². The molecule has 3 heterocycles. The molecular formula is C15H20ClN5O2. The summed E-state index contributed by atoms with van der Waals surface area (Å²) in [5.74, 6) is 0.723. The van der Waals surface area contributed by atoms with Gasteiger partial charge >= 0.3 is 5.69 Å². The fraction of sp³-hybridized carbons (Fsp3) is 0.533. The topological polar surface area (TPSA) is 75.9 Å². The van der Waals surface area contributed by atoms with E-state index < -0.39 is 11.2 Å². The standard InChI is InChI=1S/C15H20ClN5O2/c1-10(16)6-9-21-11-12(19(2)15(23)18-13(11)22)17-14(21)20-7-4-3-5-8-20/h6H,3-5,7-9H2,1-2H3,(H,18,22,23)/b10-6+. The van der Waals surface area contributed by atoms with Gasteiger partial charge in [-0.25, -0.2) is 4.79 Å². The Morgan fingerprint density at radius 3 is 2.65 bits per heavy atom. The van der Waals surface area contributed by atoms with Gasteiger partial charge in [-0.15, -0.1) is 0 Å². The monoisotopic (exact) mass is 337 g/mol. The third-order valence-electron chi connectivity index (χ3n) is 4.18. The number of H-pyrrole nitrogens is 1. The van der Waals surface area contributed by atoms with Crippen molar-refractivity contribution in [3.8, 4) is 0 Å². The van der Waals surface area contributed by atoms with E-state index in [9.17, 15) is 9.59 Å². The summed E-state index contributed by atoms with van der Waals surface area (Å²) in [6, 6.07) is 0. The number of allylic oxidation sites excluding steroid dienone is 2. The van der Waals surface area contributed by atoms with Gasteiger partial charge in [-0.3, -0.25) is 14.3 Å². The van der Waals surface area contributed by atoms with Gasteiger partial charge in [0.2, 0.25) is 5.95 Å². The third-order valence-corrected chi connectivity index (χ3v) is 4.34. The first-order valence-electron chi connectivity index (χ1n) is 7.76. The Balaban J connectivity index is 2.24. The summed E-state index contributed by atoms with van der Waals surface area (Å²) in [6.07, 6.45) is 5.24. The summed E-state index contributed by atoms with van der Waals surface area (Å²) in [4.78, 5) is 33.3. The number of aryl methyl sites for hydroxylation is 1. The number of rotatable bonds is 3. The van der Waals surface area contributed by atoms with Crippen molar-refractivity contribution in [2.75, 3.05) is 18.0 Å². The fourth-order valence-corrected chi connectivity index (χ4v) is 3.02. The molecule has 0 aliphatic carbocycles. The van der Waals surface area contributed by atoms with E-state index in [2.05, 4.69) is 14.9 Å². The first kappa shape index (κ1) is 15.9. The van der Waals surface area contributed by atoms with Crippen molar-refractivity contribution in [3.05, 3.63) is 31.9 Å². The molecular weight excluding hydrogens is 318 g/mol. The molecule has 3 rings (SSSR count). The molecule has 1 N–H and O–H groups in total. The largest absolute Gasteiger partial charge is 0.342 e. The maximum Gasteiger partial charge on any atom is 0.329 e. The predicted octanol–water partition coefficient (Wildman–Crippen LogP) is 1.56. The van der Waals surface area contributed by atoms with Crippen molar-refractivity contribution in [2.24, 2.45) is 7.05 Å². The minimum absolute atomic E-state index is 0.403. The fourth-order valence-electron chi connectivity index (χ4n) is 2.95. The molecule has 0 spiro atoms. The van der Waals surface area contributed by atoms with Crippen LogP contribution in [0, 0.1) is 0 Å². The molecule has 0 amide bonds. The van der Waals surface area contributed by atoms with Crippen LogP contribution in [0.3, 0.4) is 0 Å². The van der Waals surface area contributed by atoms with Crippen molar-refractivity contribution in [3.63, 3.8) is 0 Å². The average Bonchev–Trinajstić information content (AvgIpc) is 2.91. The van der Waals surface area contributed by atoms with E-state index >= 15 is 0 Å². The number of aromatic nitrogens is 4. The number of imidazole rings is 1. The molecule has 0 bridgehead atoms. The number of piperidine rings is 1. The van der Waals surface area contributed by atoms with E-state index in [0.717, 1.165) is 31.9 Å². The molecule has 7 nitrogen and oxygen atoms in total. The Kier molecular flexibility index (Phi) is 4.30. The maximum absolute atomic E-state index is 12.3. The molecule has 0 unspecified atom stereocenters. The second kappa shape index (κ2) is 6.23. The molecule has 0 atom stereocenters. The van der Waals surface area contributed by atoms with E-state index in [1.54, 1.807) is 14.0 Å². The van der Waals surface area contributed by atoms with Crippen LogP contribution in [0.1, 0.15) is 26.2 Å². The van der Waals surface area contributed by atoms with Crippen LogP contribution in [0.15, 0.2) is 20.7 Å². The van der Waals surface area contributed by atoms with Crippen molar-refractivity contribution in [1.82, 2.24) is 19.1 Å². The van der Waals surface area contributed by atoms with Crippen LogP contribution in [0.4, 0.5) is 5.95 Å². The molecule has 0 aromatic carbocycles. The lowest BCUT2D eigenvalue weighted by atomic mass is 10.1. The number of halogens is 1. The molecule has 1 aliphatic rings. The maximum atomic E-state index is 12.3. The van der Waals surface area contributed by atoms with Crippen LogP contribution < -0.4 is 16.1 Å². The number of hydrogen-bond donors (Lipinski definition) is 1. The normalized spacial score (nSPS) is 16.3. The highest BCUT2D eigenvalue weighted by atomic mass is 35.5. The number of hydrogen-bond acceptors (Lipinski definition) is 4. The third kappa shape index (κ3) is 2.93. The molecule has 0 radical (unpaired) electrons. The van der Waals surface area contributed by atoms with E-state index in [4.69, 9.17) is 11.6 Å². The molecule has 23 heavy (non-hydrogen) atoms. The van der Waals surface area contributed by atoms with Crippen molar-refractivity contribution >= 4 is 28.7 Å². The quantitative estimate of drug-likeness (QED) is 0.922. The first-order valence-corrected chi connectivity index (χ1v) is 8.13. The number of nitrogens with zero attached hydrogens (tertiary/aromatic N) is 4. The molecule has 1 aliphatic heterocycles. The Labute approximate surface area is 138 Å². The highest BCUT2D eigenvalue weighted by Gasteiger charge is 2.22. The lowest BCUT2D eigenvalue weighted by Crippen LogP contribution is -2.32. The van der Waals surface area contributed by atoms with Gasteiger partial charge in [0.15, 0.2) is 11.2 Å². The van der Waals surface area contributed by atoms with Gasteiger partial charge in [0.25, 0.3) is 5.56 Å². The highest BCUT2D eigenvalue weighted by molar-refractivity contribution is 6.29. The SMILES string of the molecule is C/C(Cl)=C\Cn1c(N2CCCCC2)nc2c1c(=O)[nH]c(=O)n2C. The van der Waals surface area contributed by atoms with Crippen molar-refractivity contribution in [2.45, 2.75) is 32.7 Å². The van der Waals surface area contributed by atoms with Crippen LogP contribution in [0.25, 0.3) is 11.2 Å². The summed E-state index contributed by atoms with van der Waals surface area (Å²) < 4.78 is 3.21. The van der Waals surface area contributed by atoms with Crippen LogP contribution in [-0.2, 0) is 13.6 Å². The Morgan fingerprint density at radius 2 is 2.00 bits per heavy atom. The van der Waals surface area contributed by atoms with Crippen LogP contribution in [0.5, 0.6) is 0 Å². The summed E-state index contributed by atoms with van der Waals surface area (Å²) in [5, 5.41) is 0.651.